The number of carboxylic acids is 1. The molecule has 6 nitrogen and oxygen atoms in total. The largest absolute Gasteiger partial charge is 0.476 e. The second-order valence-electron chi connectivity index (χ2n) is 2.06. The number of rotatable bonds is 2. The molecule has 1 rings (SSSR count). The standard InChI is InChI=1S/C6H4N2O4/c9-4-1-2-5(10)8(7-4)3-6(11)12/h1-2H,3H2/p+1. The van der Waals surface area contributed by atoms with Crippen molar-refractivity contribution in [2.45, 2.75) is 0 Å². The molecule has 12 heavy (non-hydrogen) atoms. The number of azo groups is 2. The van der Waals surface area contributed by atoms with Crippen LogP contribution in [0.1, 0.15) is 0 Å². The summed E-state index contributed by atoms with van der Waals surface area (Å²) >= 11 is 0. The lowest BCUT2D eigenvalue weighted by Gasteiger charge is -1.93. The van der Waals surface area contributed by atoms with Crippen LogP contribution in [0.2, 0.25) is 0 Å². The number of carbonyl (C=O) groups excluding carboxylic acids is 2. The molecule has 6 heteroatoms. The Morgan fingerprint density at radius 3 is 2.75 bits per heavy atom. The molecule has 0 atom stereocenters. The van der Waals surface area contributed by atoms with Crippen LogP contribution >= 0.6 is 0 Å². The van der Waals surface area contributed by atoms with E-state index in [2.05, 4.69) is 5.11 Å². The van der Waals surface area contributed by atoms with Crippen molar-refractivity contribution in [3.63, 3.8) is 0 Å². The average Bonchev–Trinajstić information content (AvgIpc) is 1.96. The van der Waals surface area contributed by atoms with Crippen molar-refractivity contribution >= 4 is 17.8 Å². The summed E-state index contributed by atoms with van der Waals surface area (Å²) in [6.07, 6.45) is 1.97. The zero-order valence-corrected chi connectivity index (χ0v) is 5.93. The van der Waals surface area contributed by atoms with E-state index in [0.717, 1.165) is 12.2 Å². The Kier molecular flexibility index (Phi) is 2.09. The van der Waals surface area contributed by atoms with Crippen molar-refractivity contribution in [3.8, 4) is 0 Å². The van der Waals surface area contributed by atoms with Crippen LogP contribution < -0.4 is 0 Å². The van der Waals surface area contributed by atoms with Gasteiger partial charge in [-0.2, -0.15) is 0 Å². The van der Waals surface area contributed by atoms with Gasteiger partial charge in [-0.05, 0) is 4.70 Å². The number of carboxylic acid groups (broad SMARTS) is 1. The summed E-state index contributed by atoms with van der Waals surface area (Å²) in [5.74, 6) is -2.44. The maximum atomic E-state index is 10.8. The zero-order valence-electron chi connectivity index (χ0n) is 5.93. The van der Waals surface area contributed by atoms with Gasteiger partial charge in [-0.3, -0.25) is 4.79 Å². The number of aliphatic carboxylic acids is 1. The molecule has 62 valence electrons. The first kappa shape index (κ1) is 8.25. The van der Waals surface area contributed by atoms with E-state index in [-0.39, 0.29) is 0 Å². The van der Waals surface area contributed by atoms with Gasteiger partial charge in [0, 0.05) is 11.2 Å². The highest BCUT2D eigenvalue weighted by Crippen LogP contribution is 1.94. The van der Waals surface area contributed by atoms with E-state index in [0.29, 0.717) is 4.70 Å². The summed E-state index contributed by atoms with van der Waals surface area (Å²) in [4.78, 5) is 31.5. The molecule has 0 saturated heterocycles. The van der Waals surface area contributed by atoms with Gasteiger partial charge >= 0.3 is 17.8 Å². The summed E-state index contributed by atoms with van der Waals surface area (Å²) in [7, 11) is 0. The normalized spacial score (nSPS) is 16.2. The first-order valence-corrected chi connectivity index (χ1v) is 3.06. The van der Waals surface area contributed by atoms with Crippen molar-refractivity contribution in [2.24, 2.45) is 5.11 Å². The van der Waals surface area contributed by atoms with Crippen molar-refractivity contribution < 1.29 is 24.2 Å². The van der Waals surface area contributed by atoms with Crippen LogP contribution in [0.15, 0.2) is 17.3 Å². The first-order chi connectivity index (χ1) is 5.59. The van der Waals surface area contributed by atoms with Gasteiger partial charge in [0.2, 0.25) is 0 Å². The van der Waals surface area contributed by atoms with Crippen molar-refractivity contribution in [1.82, 2.24) is 0 Å². The monoisotopic (exact) mass is 169 g/mol. The third-order valence-electron chi connectivity index (χ3n) is 1.13. The van der Waals surface area contributed by atoms with E-state index < -0.39 is 24.3 Å². The Balaban J connectivity index is 2.81. The fourth-order valence-corrected chi connectivity index (χ4v) is 0.672. The van der Waals surface area contributed by atoms with Crippen molar-refractivity contribution in [3.05, 3.63) is 12.2 Å². The molecule has 0 saturated carbocycles. The highest BCUT2D eigenvalue weighted by Gasteiger charge is 2.25. The van der Waals surface area contributed by atoms with Crippen molar-refractivity contribution in [1.29, 1.82) is 0 Å². The minimum absolute atomic E-state index is 0.588. The second kappa shape index (κ2) is 3.04. The maximum absolute atomic E-state index is 10.8. The Morgan fingerprint density at radius 2 is 2.17 bits per heavy atom. The summed E-state index contributed by atoms with van der Waals surface area (Å²) in [5.41, 5.74) is 0. The number of carbonyl (C=O) groups is 3. The van der Waals surface area contributed by atoms with Crippen LogP contribution in [0, 0.1) is 0 Å². The minimum atomic E-state index is -1.21. The molecule has 0 aliphatic carbocycles. The van der Waals surface area contributed by atoms with E-state index >= 15 is 0 Å². The second-order valence-corrected chi connectivity index (χ2v) is 2.06. The van der Waals surface area contributed by atoms with Gasteiger partial charge in [-0.25, -0.2) is 9.59 Å². The number of hydrogen-bond donors (Lipinski definition) is 1. The maximum Gasteiger partial charge on any atom is 0.437 e. The average molecular weight is 169 g/mol. The lowest BCUT2D eigenvalue weighted by molar-refractivity contribution is -0.497. The van der Waals surface area contributed by atoms with Crippen LogP contribution in [0.3, 0.4) is 0 Å². The number of amides is 2. The minimum Gasteiger partial charge on any atom is -0.476 e. The predicted molar refractivity (Wildman–Crippen MR) is 34.3 cm³/mol. The molecule has 0 aromatic heterocycles. The van der Waals surface area contributed by atoms with Crippen LogP contribution in [0.5, 0.6) is 0 Å². The summed E-state index contributed by atoms with van der Waals surface area (Å²) in [6, 6.07) is 0. The van der Waals surface area contributed by atoms with Gasteiger partial charge in [0.1, 0.15) is 0 Å². The Bertz CT molecular complexity index is 316. The van der Waals surface area contributed by atoms with E-state index in [4.69, 9.17) is 5.11 Å². The van der Waals surface area contributed by atoms with Crippen LogP contribution in [0.4, 0.5) is 0 Å². The smallest absolute Gasteiger partial charge is 0.437 e. The van der Waals surface area contributed by atoms with Crippen LogP contribution in [-0.2, 0) is 14.4 Å². The number of hydrogen-bond acceptors (Lipinski definition) is 3. The third kappa shape index (κ3) is 1.82. The van der Waals surface area contributed by atoms with Crippen molar-refractivity contribution in [2.75, 3.05) is 6.54 Å². The molecule has 0 unspecified atom stereocenters. The van der Waals surface area contributed by atoms with Crippen LogP contribution in [0.25, 0.3) is 0 Å². The topological polar surface area (TPSA) is 86.8 Å². The highest BCUT2D eigenvalue weighted by molar-refractivity contribution is 5.96. The summed E-state index contributed by atoms with van der Waals surface area (Å²) in [6.45, 7) is -0.588. The molecular weight excluding hydrogens is 164 g/mol. The van der Waals surface area contributed by atoms with Crippen LogP contribution in [-0.4, -0.2) is 34.1 Å². The molecule has 0 aromatic rings. The molecule has 1 aliphatic rings. The molecule has 1 heterocycles. The summed E-state index contributed by atoms with van der Waals surface area (Å²) in [5, 5.41) is 11.5. The predicted octanol–water partition coefficient (Wildman–Crippen LogP) is -0.841. The lowest BCUT2D eigenvalue weighted by atomic mass is 10.4. The van der Waals surface area contributed by atoms with Gasteiger partial charge in [-0.15, -0.1) is 0 Å². The fraction of sp³-hybridized carbons (Fsp3) is 0.167. The first-order valence-electron chi connectivity index (χ1n) is 3.06. The van der Waals surface area contributed by atoms with Gasteiger partial charge in [0.05, 0.1) is 6.08 Å². The van der Waals surface area contributed by atoms with E-state index in [1.807, 2.05) is 0 Å². The lowest BCUT2D eigenvalue weighted by Crippen LogP contribution is -2.27. The molecular formula is C6H5N2O4+. The third-order valence-corrected chi connectivity index (χ3v) is 1.13. The van der Waals surface area contributed by atoms with Gasteiger partial charge < -0.3 is 5.11 Å². The fourth-order valence-electron chi connectivity index (χ4n) is 0.672. The molecule has 0 bridgehead atoms. The molecule has 0 fully saturated rings. The Labute approximate surface area is 66.8 Å². The summed E-state index contributed by atoms with van der Waals surface area (Å²) < 4.78 is 0.602. The van der Waals surface area contributed by atoms with E-state index in [1.54, 1.807) is 0 Å². The zero-order chi connectivity index (χ0) is 9.14. The molecule has 1 aliphatic heterocycles. The quantitative estimate of drug-likeness (QED) is 0.546. The van der Waals surface area contributed by atoms with Gasteiger partial charge in [0.15, 0.2) is 0 Å². The molecule has 0 aromatic carbocycles. The highest BCUT2D eigenvalue weighted by atomic mass is 16.4. The van der Waals surface area contributed by atoms with Gasteiger partial charge in [-0.1, -0.05) is 0 Å². The Hall–Kier alpha value is -1.85. The molecule has 2 amide bonds. The number of nitrogens with zero attached hydrogens (tertiary/aromatic N) is 2. The van der Waals surface area contributed by atoms with E-state index in [9.17, 15) is 14.4 Å². The molecule has 0 radical (unpaired) electrons. The van der Waals surface area contributed by atoms with Gasteiger partial charge in [0.25, 0.3) is 6.54 Å². The molecule has 0 spiro atoms. The Morgan fingerprint density at radius 1 is 1.50 bits per heavy atom. The SMILES string of the molecule is O=C(O)C[N+]1=NC(=O)C=CC1=O. The van der Waals surface area contributed by atoms with E-state index in [1.165, 1.54) is 0 Å². The molecule has 1 N–H and O–H groups in total.